The molecule has 0 atom stereocenters. The Morgan fingerprint density at radius 2 is 0.596 bits per heavy atom. The number of phenols is 2. The summed E-state index contributed by atoms with van der Waals surface area (Å²) in [6, 6.07) is 36.4. The van der Waals surface area contributed by atoms with Gasteiger partial charge in [-0.05, 0) is 121 Å². The van der Waals surface area contributed by atoms with Crippen molar-refractivity contribution in [3.63, 3.8) is 0 Å². The molecular formula is C36H26O9S2. The highest BCUT2D eigenvalue weighted by molar-refractivity contribution is 7.91. The maximum absolute atomic E-state index is 13.0. The highest BCUT2D eigenvalue weighted by Gasteiger charge is 2.20. The van der Waals surface area contributed by atoms with E-state index in [4.69, 9.17) is 14.2 Å². The monoisotopic (exact) mass is 666 g/mol. The van der Waals surface area contributed by atoms with Gasteiger partial charge in [0.25, 0.3) is 0 Å². The number of rotatable bonds is 10. The second-order valence-corrected chi connectivity index (χ2v) is 14.0. The fourth-order valence-corrected chi connectivity index (χ4v) is 7.03. The van der Waals surface area contributed by atoms with Crippen LogP contribution in [0.4, 0.5) is 0 Å². The van der Waals surface area contributed by atoms with E-state index in [0.29, 0.717) is 34.5 Å². The van der Waals surface area contributed by atoms with Gasteiger partial charge in [0.15, 0.2) is 23.0 Å². The summed E-state index contributed by atoms with van der Waals surface area (Å²) in [7, 11) is -7.58. The van der Waals surface area contributed by atoms with Crippen LogP contribution in [0.15, 0.2) is 165 Å². The average Bonchev–Trinajstić information content (AvgIpc) is 3.07. The van der Waals surface area contributed by atoms with Crippen LogP contribution in [0.3, 0.4) is 0 Å². The molecule has 0 aliphatic carbocycles. The second kappa shape index (κ2) is 12.9. The zero-order chi connectivity index (χ0) is 33.0. The van der Waals surface area contributed by atoms with Gasteiger partial charge in [-0.1, -0.05) is 24.3 Å². The predicted octanol–water partition coefficient (Wildman–Crippen LogP) is 8.14. The van der Waals surface area contributed by atoms with Gasteiger partial charge in [0.2, 0.25) is 19.7 Å². The van der Waals surface area contributed by atoms with Crippen molar-refractivity contribution in [2.45, 2.75) is 19.6 Å². The first-order valence-corrected chi connectivity index (χ1v) is 17.1. The van der Waals surface area contributed by atoms with Crippen molar-refractivity contribution in [3.05, 3.63) is 146 Å². The van der Waals surface area contributed by atoms with E-state index in [0.717, 1.165) is 0 Å². The van der Waals surface area contributed by atoms with Gasteiger partial charge >= 0.3 is 0 Å². The minimum atomic E-state index is -3.79. The number of hydrogen-bond donors (Lipinski definition) is 2. The Kier molecular flexibility index (Phi) is 8.57. The SMILES string of the molecule is O=S(=O)(c1ccc(O)cc1)c1ccc(Oc2ccccc2Oc2ccccc2Oc2ccc(S(=O)(=O)c3ccc(O)cc3)cc2)cc1. The van der Waals surface area contributed by atoms with Crippen LogP contribution >= 0.6 is 0 Å². The molecule has 0 radical (unpaired) electrons. The van der Waals surface area contributed by atoms with Gasteiger partial charge < -0.3 is 24.4 Å². The lowest BCUT2D eigenvalue weighted by Crippen LogP contribution is -2.01. The minimum Gasteiger partial charge on any atom is -0.508 e. The topological polar surface area (TPSA) is 136 Å². The molecule has 0 aromatic heterocycles. The van der Waals surface area contributed by atoms with E-state index in [1.165, 1.54) is 97.1 Å². The fourth-order valence-electron chi connectivity index (χ4n) is 4.51. The molecule has 236 valence electrons. The van der Waals surface area contributed by atoms with Crippen molar-refractivity contribution in [1.82, 2.24) is 0 Å². The molecule has 0 spiro atoms. The first-order chi connectivity index (χ1) is 22.6. The Hall–Kier alpha value is -5.78. The summed E-state index contributed by atoms with van der Waals surface area (Å²) in [4.78, 5) is 0.242. The van der Waals surface area contributed by atoms with Crippen LogP contribution in [0.25, 0.3) is 0 Å². The number of ether oxygens (including phenoxy) is 3. The molecule has 9 nitrogen and oxygen atoms in total. The predicted molar refractivity (Wildman–Crippen MR) is 173 cm³/mol. The number of sulfone groups is 2. The highest BCUT2D eigenvalue weighted by atomic mass is 32.2. The molecule has 6 aromatic rings. The summed E-state index contributed by atoms with van der Waals surface area (Å²) in [5.74, 6) is 2.13. The van der Waals surface area contributed by atoms with Crippen LogP contribution < -0.4 is 14.2 Å². The summed E-state index contributed by atoms with van der Waals surface area (Å²) in [5.41, 5.74) is 0. The molecule has 0 saturated heterocycles. The van der Waals surface area contributed by atoms with Gasteiger partial charge in [0, 0.05) is 0 Å². The average molecular weight is 667 g/mol. The van der Waals surface area contributed by atoms with Crippen molar-refractivity contribution >= 4 is 19.7 Å². The molecule has 11 heteroatoms. The first kappa shape index (κ1) is 31.2. The molecule has 0 bridgehead atoms. The van der Waals surface area contributed by atoms with Crippen LogP contribution in [-0.2, 0) is 19.7 Å². The van der Waals surface area contributed by atoms with Crippen molar-refractivity contribution in [2.75, 3.05) is 0 Å². The van der Waals surface area contributed by atoms with Gasteiger partial charge in [-0.25, -0.2) is 16.8 Å². The molecule has 6 aromatic carbocycles. The number of hydrogen-bond acceptors (Lipinski definition) is 9. The third-order valence-electron chi connectivity index (χ3n) is 6.94. The van der Waals surface area contributed by atoms with E-state index in [1.807, 2.05) is 0 Å². The second-order valence-electron chi connectivity index (χ2n) is 10.1. The quantitative estimate of drug-likeness (QED) is 0.148. The van der Waals surface area contributed by atoms with Gasteiger partial charge in [-0.3, -0.25) is 0 Å². The van der Waals surface area contributed by atoms with Crippen LogP contribution in [0, 0.1) is 0 Å². The van der Waals surface area contributed by atoms with Crippen LogP contribution in [0.5, 0.6) is 46.0 Å². The molecule has 0 fully saturated rings. The zero-order valence-corrected chi connectivity index (χ0v) is 26.1. The fraction of sp³-hybridized carbons (Fsp3) is 0. The molecule has 2 N–H and O–H groups in total. The summed E-state index contributed by atoms with van der Waals surface area (Å²) in [6.45, 7) is 0. The summed E-state index contributed by atoms with van der Waals surface area (Å²) in [5, 5.41) is 19.0. The Bertz CT molecular complexity index is 2070. The third-order valence-corrected chi connectivity index (χ3v) is 10.5. The lowest BCUT2D eigenvalue weighted by Gasteiger charge is -2.15. The molecule has 0 unspecified atom stereocenters. The van der Waals surface area contributed by atoms with Gasteiger partial charge in [0.1, 0.15) is 23.0 Å². The lowest BCUT2D eigenvalue weighted by molar-refractivity contribution is 0.394. The maximum Gasteiger partial charge on any atom is 0.206 e. The number of benzene rings is 6. The Morgan fingerprint density at radius 3 is 0.894 bits per heavy atom. The van der Waals surface area contributed by atoms with Crippen molar-refractivity contribution in [1.29, 1.82) is 0 Å². The van der Waals surface area contributed by atoms with Gasteiger partial charge in [-0.2, -0.15) is 0 Å². The molecule has 0 aliphatic rings. The summed E-state index contributed by atoms with van der Waals surface area (Å²) < 4.78 is 70.2. The van der Waals surface area contributed by atoms with Crippen molar-refractivity contribution in [3.8, 4) is 46.0 Å². The summed E-state index contributed by atoms with van der Waals surface area (Å²) in [6.07, 6.45) is 0. The standard InChI is InChI=1S/C36H26O9S2/c37-25-9-17-29(18-10-25)46(39,40)31-21-13-27(14-22-31)43-33-5-1-3-7-35(33)45-36-8-4-2-6-34(36)44-28-15-23-32(24-16-28)47(41,42)30-19-11-26(38)12-20-30/h1-24,37-38H. The number of para-hydroxylation sites is 4. The van der Waals surface area contributed by atoms with Crippen LogP contribution in [0.1, 0.15) is 0 Å². The van der Waals surface area contributed by atoms with E-state index in [-0.39, 0.29) is 31.1 Å². The minimum absolute atomic E-state index is 0.0303. The smallest absolute Gasteiger partial charge is 0.206 e. The summed E-state index contributed by atoms with van der Waals surface area (Å²) >= 11 is 0. The first-order valence-electron chi connectivity index (χ1n) is 14.1. The number of aromatic hydroxyl groups is 2. The van der Waals surface area contributed by atoms with Crippen LogP contribution in [-0.4, -0.2) is 27.0 Å². The Labute approximate surface area is 271 Å². The van der Waals surface area contributed by atoms with Crippen molar-refractivity contribution in [2.24, 2.45) is 0 Å². The number of phenolic OH excluding ortho intramolecular Hbond substituents is 2. The third kappa shape index (κ3) is 6.91. The van der Waals surface area contributed by atoms with Gasteiger partial charge in [0.05, 0.1) is 19.6 Å². The van der Waals surface area contributed by atoms with Gasteiger partial charge in [-0.15, -0.1) is 0 Å². The largest absolute Gasteiger partial charge is 0.508 e. The highest BCUT2D eigenvalue weighted by Crippen LogP contribution is 2.40. The van der Waals surface area contributed by atoms with Crippen LogP contribution in [0.2, 0.25) is 0 Å². The normalized spacial score (nSPS) is 11.5. The molecule has 0 saturated carbocycles. The molecule has 47 heavy (non-hydrogen) atoms. The molecule has 0 amide bonds. The molecular weight excluding hydrogens is 641 g/mol. The van der Waals surface area contributed by atoms with Crippen molar-refractivity contribution < 1.29 is 41.3 Å². The zero-order valence-electron chi connectivity index (χ0n) is 24.4. The van der Waals surface area contributed by atoms with E-state index in [1.54, 1.807) is 48.5 Å². The van der Waals surface area contributed by atoms with E-state index in [2.05, 4.69) is 0 Å². The van der Waals surface area contributed by atoms with E-state index in [9.17, 15) is 27.0 Å². The molecule has 0 aliphatic heterocycles. The Morgan fingerprint density at radius 1 is 0.340 bits per heavy atom. The molecule has 0 heterocycles. The van der Waals surface area contributed by atoms with E-state index < -0.39 is 19.7 Å². The lowest BCUT2D eigenvalue weighted by atomic mass is 10.3. The Balaban J connectivity index is 1.18. The molecule has 6 rings (SSSR count). The van der Waals surface area contributed by atoms with E-state index >= 15 is 0 Å². The maximum atomic E-state index is 13.0.